The van der Waals surface area contributed by atoms with Crippen molar-refractivity contribution >= 4 is 22.9 Å². The lowest BCUT2D eigenvalue weighted by atomic mass is 10.1. The number of carbonyl (C=O) groups is 2. The number of amides is 2. The standard InChI is InChI=1S/C19H20N4O3/c1-13-21-16-4-3-14(11-17(16)26-13)18(24)22-7-2-8-23(10-9-22)19(25)15-5-6-20-12-15/h3-6,11-12,20H,2,7-10H2,1H3. The summed E-state index contributed by atoms with van der Waals surface area (Å²) in [6.07, 6.45) is 4.19. The molecule has 0 bridgehead atoms. The summed E-state index contributed by atoms with van der Waals surface area (Å²) in [4.78, 5) is 36.1. The van der Waals surface area contributed by atoms with Crippen LogP contribution in [0.5, 0.6) is 0 Å². The third-order valence-corrected chi connectivity index (χ3v) is 4.66. The number of H-pyrrole nitrogens is 1. The number of hydrogen-bond acceptors (Lipinski definition) is 4. The van der Waals surface area contributed by atoms with Crippen molar-refractivity contribution in [1.82, 2.24) is 19.8 Å². The van der Waals surface area contributed by atoms with E-state index in [1.807, 2.05) is 0 Å². The number of rotatable bonds is 2. The molecule has 4 rings (SSSR count). The molecule has 3 heterocycles. The van der Waals surface area contributed by atoms with Crippen molar-refractivity contribution in [3.05, 3.63) is 53.7 Å². The van der Waals surface area contributed by atoms with Gasteiger partial charge in [-0.25, -0.2) is 4.98 Å². The molecule has 1 saturated heterocycles. The number of nitrogens with zero attached hydrogens (tertiary/aromatic N) is 3. The number of aromatic nitrogens is 2. The molecule has 2 amide bonds. The smallest absolute Gasteiger partial charge is 0.255 e. The fourth-order valence-electron chi connectivity index (χ4n) is 3.32. The molecule has 0 atom stereocenters. The van der Waals surface area contributed by atoms with Crippen molar-refractivity contribution in [3.63, 3.8) is 0 Å². The van der Waals surface area contributed by atoms with Gasteiger partial charge in [0.05, 0.1) is 5.56 Å². The normalized spacial score (nSPS) is 15.3. The molecular formula is C19H20N4O3. The molecule has 134 valence electrons. The van der Waals surface area contributed by atoms with E-state index in [-0.39, 0.29) is 11.8 Å². The first-order valence-electron chi connectivity index (χ1n) is 8.70. The van der Waals surface area contributed by atoms with Gasteiger partial charge in [-0.15, -0.1) is 0 Å². The number of aromatic amines is 1. The summed E-state index contributed by atoms with van der Waals surface area (Å²) in [6.45, 7) is 4.10. The second-order valence-electron chi connectivity index (χ2n) is 6.45. The van der Waals surface area contributed by atoms with Crippen LogP contribution < -0.4 is 0 Å². The van der Waals surface area contributed by atoms with Crippen LogP contribution in [-0.2, 0) is 0 Å². The topological polar surface area (TPSA) is 82.4 Å². The van der Waals surface area contributed by atoms with Gasteiger partial charge in [-0.3, -0.25) is 9.59 Å². The minimum atomic E-state index is -0.0445. The van der Waals surface area contributed by atoms with Crippen molar-refractivity contribution in [2.24, 2.45) is 0 Å². The van der Waals surface area contributed by atoms with Crippen LogP contribution in [-0.4, -0.2) is 57.8 Å². The summed E-state index contributed by atoms with van der Waals surface area (Å²) in [5, 5.41) is 0. The predicted molar refractivity (Wildman–Crippen MR) is 96.0 cm³/mol. The van der Waals surface area contributed by atoms with Gasteiger partial charge in [-0.2, -0.15) is 0 Å². The second kappa shape index (κ2) is 6.67. The Kier molecular flexibility index (Phi) is 4.20. The highest BCUT2D eigenvalue weighted by Crippen LogP contribution is 2.19. The van der Waals surface area contributed by atoms with Crippen LogP contribution in [0.15, 0.2) is 41.1 Å². The Morgan fingerprint density at radius 3 is 2.46 bits per heavy atom. The predicted octanol–water partition coefficient (Wildman–Crippen LogP) is 2.45. The summed E-state index contributed by atoms with van der Waals surface area (Å²) >= 11 is 0. The Balaban J connectivity index is 1.47. The maximum absolute atomic E-state index is 12.9. The Morgan fingerprint density at radius 2 is 1.77 bits per heavy atom. The lowest BCUT2D eigenvalue weighted by Crippen LogP contribution is -2.37. The van der Waals surface area contributed by atoms with E-state index >= 15 is 0 Å². The number of carbonyl (C=O) groups excluding carboxylic acids is 2. The molecule has 1 aromatic carbocycles. The maximum atomic E-state index is 12.9. The number of aryl methyl sites for hydroxylation is 1. The van der Waals surface area contributed by atoms with Crippen LogP contribution >= 0.6 is 0 Å². The molecule has 26 heavy (non-hydrogen) atoms. The Hall–Kier alpha value is -3.09. The molecular weight excluding hydrogens is 332 g/mol. The number of nitrogens with one attached hydrogen (secondary N) is 1. The Labute approximate surface area is 150 Å². The molecule has 7 heteroatoms. The van der Waals surface area contributed by atoms with Gasteiger partial charge in [0, 0.05) is 51.1 Å². The van der Waals surface area contributed by atoms with Crippen molar-refractivity contribution < 1.29 is 14.0 Å². The van der Waals surface area contributed by atoms with Crippen LogP contribution in [0.4, 0.5) is 0 Å². The van der Waals surface area contributed by atoms with E-state index in [1.165, 1.54) is 0 Å². The first kappa shape index (κ1) is 16.4. The van der Waals surface area contributed by atoms with Crippen LogP contribution in [0.2, 0.25) is 0 Å². The Bertz CT molecular complexity index is 945. The highest BCUT2D eigenvalue weighted by Gasteiger charge is 2.24. The molecule has 1 aliphatic heterocycles. The van der Waals surface area contributed by atoms with Gasteiger partial charge in [0.1, 0.15) is 5.52 Å². The van der Waals surface area contributed by atoms with Gasteiger partial charge in [-0.1, -0.05) is 0 Å². The van der Waals surface area contributed by atoms with Crippen molar-refractivity contribution in [2.45, 2.75) is 13.3 Å². The second-order valence-corrected chi connectivity index (χ2v) is 6.45. The van der Waals surface area contributed by atoms with Gasteiger partial charge in [-0.05, 0) is 30.7 Å². The molecule has 0 radical (unpaired) electrons. The lowest BCUT2D eigenvalue weighted by molar-refractivity contribution is 0.0719. The molecule has 1 N–H and O–H groups in total. The first-order valence-corrected chi connectivity index (χ1v) is 8.70. The molecule has 2 aromatic heterocycles. The molecule has 0 saturated carbocycles. The summed E-state index contributed by atoms with van der Waals surface area (Å²) in [6, 6.07) is 7.09. The average Bonchev–Trinajstić information content (AvgIpc) is 3.23. The van der Waals surface area contributed by atoms with Gasteiger partial charge in [0.15, 0.2) is 11.5 Å². The molecule has 0 aliphatic carbocycles. The van der Waals surface area contributed by atoms with Crippen LogP contribution in [0.1, 0.15) is 33.0 Å². The SMILES string of the molecule is Cc1nc2ccc(C(=O)N3CCCN(C(=O)c4cc[nH]c4)CC3)cc2o1. The van der Waals surface area contributed by atoms with E-state index < -0.39 is 0 Å². The van der Waals surface area contributed by atoms with E-state index in [9.17, 15) is 9.59 Å². The molecule has 0 spiro atoms. The van der Waals surface area contributed by atoms with Gasteiger partial charge < -0.3 is 19.2 Å². The number of fused-ring (bicyclic) bond motifs is 1. The van der Waals surface area contributed by atoms with Gasteiger partial charge >= 0.3 is 0 Å². The zero-order chi connectivity index (χ0) is 18.1. The summed E-state index contributed by atoms with van der Waals surface area (Å²) < 4.78 is 5.52. The van der Waals surface area contributed by atoms with Crippen LogP contribution in [0.3, 0.4) is 0 Å². The van der Waals surface area contributed by atoms with Gasteiger partial charge in [0.25, 0.3) is 11.8 Å². The minimum Gasteiger partial charge on any atom is -0.441 e. The minimum absolute atomic E-state index is 0.000830. The largest absolute Gasteiger partial charge is 0.441 e. The third-order valence-electron chi connectivity index (χ3n) is 4.66. The summed E-state index contributed by atoms with van der Waals surface area (Å²) in [7, 11) is 0. The fourth-order valence-corrected chi connectivity index (χ4v) is 3.32. The number of benzene rings is 1. The Morgan fingerprint density at radius 1 is 1.04 bits per heavy atom. The van der Waals surface area contributed by atoms with E-state index in [4.69, 9.17) is 4.42 Å². The summed E-state index contributed by atoms with van der Waals surface area (Å²) in [5.74, 6) is 0.536. The highest BCUT2D eigenvalue weighted by atomic mass is 16.3. The average molecular weight is 352 g/mol. The molecule has 1 aliphatic rings. The fraction of sp³-hybridized carbons (Fsp3) is 0.316. The lowest BCUT2D eigenvalue weighted by Gasteiger charge is -2.22. The van der Waals surface area contributed by atoms with Crippen molar-refractivity contribution in [3.8, 4) is 0 Å². The quantitative estimate of drug-likeness (QED) is 0.768. The van der Waals surface area contributed by atoms with E-state index in [2.05, 4.69) is 9.97 Å². The van der Waals surface area contributed by atoms with Crippen molar-refractivity contribution in [2.75, 3.05) is 26.2 Å². The third kappa shape index (κ3) is 3.08. The molecule has 1 fully saturated rings. The summed E-state index contributed by atoms with van der Waals surface area (Å²) in [5.41, 5.74) is 2.60. The maximum Gasteiger partial charge on any atom is 0.255 e. The van der Waals surface area contributed by atoms with Crippen molar-refractivity contribution in [1.29, 1.82) is 0 Å². The van der Waals surface area contributed by atoms with Crippen LogP contribution in [0, 0.1) is 6.92 Å². The van der Waals surface area contributed by atoms with Crippen LogP contribution in [0.25, 0.3) is 11.1 Å². The van der Waals surface area contributed by atoms with E-state index in [1.54, 1.807) is 53.4 Å². The van der Waals surface area contributed by atoms with E-state index in [0.29, 0.717) is 48.8 Å². The molecule has 7 nitrogen and oxygen atoms in total. The highest BCUT2D eigenvalue weighted by molar-refractivity contribution is 5.97. The van der Waals surface area contributed by atoms with E-state index in [0.717, 1.165) is 11.9 Å². The molecule has 0 unspecified atom stereocenters. The number of hydrogen-bond donors (Lipinski definition) is 1. The molecule has 3 aromatic rings. The zero-order valence-corrected chi connectivity index (χ0v) is 14.6. The van der Waals surface area contributed by atoms with Gasteiger partial charge in [0.2, 0.25) is 0 Å². The first-order chi connectivity index (χ1) is 12.6. The monoisotopic (exact) mass is 352 g/mol. The number of oxazole rings is 1. The zero-order valence-electron chi connectivity index (χ0n) is 14.6.